The van der Waals surface area contributed by atoms with E-state index in [1.807, 2.05) is 0 Å². The first-order valence-electron chi connectivity index (χ1n) is 38.9. The number of aromatic nitrogens is 1. The molecular formula is C105H81N5Se. The van der Waals surface area contributed by atoms with E-state index in [0.717, 1.165) is 22.7 Å². The second kappa shape index (κ2) is 25.2. The molecule has 0 saturated heterocycles. The van der Waals surface area contributed by atoms with Crippen LogP contribution in [-0.4, -0.2) is 19.1 Å². The van der Waals surface area contributed by atoms with E-state index in [-0.39, 0.29) is 30.7 Å². The number of fused-ring (bicyclic) bond motifs is 19. The largest absolute Gasteiger partial charge is 0.0351 e. The molecule has 532 valence electrons. The molecule has 17 aromatic carbocycles. The number of nitrogens with zero attached hydrogens (tertiary/aromatic N) is 5. The molecule has 22 rings (SSSR count). The van der Waals surface area contributed by atoms with Crippen molar-refractivity contribution in [2.75, 3.05) is 19.6 Å². The molecule has 3 aliphatic rings. The summed E-state index contributed by atoms with van der Waals surface area (Å²) in [5, 5.41) is 15.4. The molecule has 0 amide bonds. The van der Waals surface area contributed by atoms with Crippen LogP contribution in [0, 0.1) is 13.8 Å². The van der Waals surface area contributed by atoms with E-state index < -0.39 is 0 Å². The van der Waals surface area contributed by atoms with Crippen LogP contribution in [0.1, 0.15) is 86.1 Å². The molecule has 0 spiro atoms. The number of anilines is 12. The molecule has 0 aliphatic carbocycles. The second-order valence-corrected chi connectivity index (χ2v) is 34.5. The number of para-hydroxylation sites is 6. The number of aryl methyl sites for hydroxylation is 2. The summed E-state index contributed by atoms with van der Waals surface area (Å²) < 4.78 is 5.37. The van der Waals surface area contributed by atoms with Gasteiger partial charge in [0.05, 0.1) is 33.8 Å². The van der Waals surface area contributed by atoms with Crippen molar-refractivity contribution in [1.82, 2.24) is 4.57 Å². The molecule has 0 radical (unpaired) electrons. The standard InChI is InChI=1S/C53H40N2Se.C52H41N3/c1-33-13-11-15-35(27-33)54(36-16-12-14-34(2)28-36)37-23-25-41-42-26-24-38(30-45(42)40-18-6-5-17-39(40)44(41)29-37)55-49-21-9-8-20-47(49)53(3,4)48-31-46-43-19-7-10-22-51(43)56-52(46)32-50(48)55;1-51(2)41-19-9-13-23-46(41)54(47-24-14-10-20-42(47)51)37-28-26-35-31-38(29-27-34(35)30-37)55-48-25-15-11-21-43(48)52(3,4)44-32-40-39-18-8-12-22-45(39)53(49(40)33-50(44)55)36-16-6-5-7-17-36/h5-32H,1-4H3;5-33H,1-4H3. The summed E-state index contributed by atoms with van der Waals surface area (Å²) >= 11 is 0.277. The third-order valence-corrected chi connectivity index (χ3v) is 26.9. The van der Waals surface area contributed by atoms with Crippen LogP contribution in [0.25, 0.3) is 89.9 Å². The van der Waals surface area contributed by atoms with Crippen LogP contribution in [0.2, 0.25) is 0 Å². The number of rotatable bonds is 7. The monoisotopic (exact) mass is 1490 g/mol. The molecule has 0 saturated carbocycles. The Labute approximate surface area is 654 Å². The minimum absolute atomic E-state index is 0.0912. The predicted octanol–water partition coefficient (Wildman–Crippen LogP) is 28.9. The van der Waals surface area contributed by atoms with Crippen LogP contribution in [0.5, 0.6) is 0 Å². The van der Waals surface area contributed by atoms with Gasteiger partial charge in [-0.15, -0.1) is 0 Å². The minimum atomic E-state index is -0.200. The zero-order valence-corrected chi connectivity index (χ0v) is 65.3. The van der Waals surface area contributed by atoms with Crippen molar-refractivity contribution in [2.24, 2.45) is 0 Å². The summed E-state index contributed by atoms with van der Waals surface area (Å²) in [4.78, 5) is 9.87. The Bertz CT molecular complexity index is 6960. The summed E-state index contributed by atoms with van der Waals surface area (Å²) in [6, 6.07) is 129. The van der Waals surface area contributed by atoms with Gasteiger partial charge in [0.25, 0.3) is 0 Å². The molecule has 5 nitrogen and oxygen atoms in total. The Kier molecular flexibility index (Phi) is 15.1. The third-order valence-electron chi connectivity index (χ3n) is 24.6. The molecule has 0 N–H and O–H groups in total. The first kappa shape index (κ1) is 66.5. The van der Waals surface area contributed by atoms with Gasteiger partial charge in [-0.05, 0) is 155 Å². The summed E-state index contributed by atoms with van der Waals surface area (Å²) in [5.41, 5.74) is 28.2. The van der Waals surface area contributed by atoms with Crippen LogP contribution in [0.3, 0.4) is 0 Å². The van der Waals surface area contributed by atoms with Gasteiger partial charge in [0.15, 0.2) is 0 Å². The normalized spacial score (nSPS) is 14.3. The molecule has 0 atom stereocenters. The zero-order chi connectivity index (χ0) is 74.8. The molecular weight excluding hydrogens is 1410 g/mol. The molecule has 0 fully saturated rings. The van der Waals surface area contributed by atoms with E-state index in [2.05, 4.69) is 425 Å². The Hall–Kier alpha value is -12.7. The maximum Gasteiger partial charge on any atom is -0.0351 e. The topological polar surface area (TPSA) is 17.9 Å². The van der Waals surface area contributed by atoms with Crippen molar-refractivity contribution in [1.29, 1.82) is 0 Å². The predicted molar refractivity (Wildman–Crippen MR) is 474 cm³/mol. The van der Waals surface area contributed by atoms with Gasteiger partial charge in [0, 0.05) is 50.0 Å². The molecule has 19 aromatic rings. The van der Waals surface area contributed by atoms with Crippen molar-refractivity contribution >= 4 is 167 Å². The smallest absolute Gasteiger partial charge is 0.0351 e. The average molecular weight is 1490 g/mol. The summed E-state index contributed by atoms with van der Waals surface area (Å²) in [6.45, 7) is 18.6. The van der Waals surface area contributed by atoms with Crippen LogP contribution in [0.4, 0.5) is 68.2 Å². The van der Waals surface area contributed by atoms with Gasteiger partial charge in [-0.2, -0.15) is 0 Å². The van der Waals surface area contributed by atoms with Gasteiger partial charge in [-0.3, -0.25) is 0 Å². The fraction of sp³-hybridized carbons (Fsp3) is 0.105. The van der Waals surface area contributed by atoms with Crippen molar-refractivity contribution in [2.45, 2.75) is 71.6 Å². The van der Waals surface area contributed by atoms with Crippen molar-refractivity contribution in [3.8, 4) is 5.69 Å². The van der Waals surface area contributed by atoms with Crippen LogP contribution in [-0.2, 0) is 16.2 Å². The van der Waals surface area contributed by atoms with Gasteiger partial charge in [0.2, 0.25) is 0 Å². The van der Waals surface area contributed by atoms with Gasteiger partial charge in [-0.25, -0.2) is 0 Å². The van der Waals surface area contributed by atoms with E-state index in [0.29, 0.717) is 0 Å². The Morgan fingerprint density at radius 1 is 0.234 bits per heavy atom. The van der Waals surface area contributed by atoms with E-state index in [4.69, 9.17) is 0 Å². The van der Waals surface area contributed by atoms with Crippen LogP contribution in [0.15, 0.2) is 346 Å². The van der Waals surface area contributed by atoms with E-state index in [1.54, 1.807) is 0 Å². The van der Waals surface area contributed by atoms with E-state index >= 15 is 0 Å². The van der Waals surface area contributed by atoms with Gasteiger partial charge in [-0.1, -0.05) is 155 Å². The first-order valence-corrected chi connectivity index (χ1v) is 40.6. The maximum absolute atomic E-state index is 2.54. The molecule has 5 heterocycles. The summed E-state index contributed by atoms with van der Waals surface area (Å²) in [5.74, 6) is 0. The number of benzene rings is 17. The van der Waals surface area contributed by atoms with Crippen molar-refractivity contribution < 1.29 is 0 Å². The zero-order valence-electron chi connectivity index (χ0n) is 63.6. The fourth-order valence-corrected chi connectivity index (χ4v) is 21.5. The molecule has 2 aromatic heterocycles. The van der Waals surface area contributed by atoms with E-state index in [1.165, 1.54) is 180 Å². The average Bonchev–Trinajstić information content (AvgIpc) is 1.70. The molecule has 0 bridgehead atoms. The minimum Gasteiger partial charge on any atom is -0.0351 e. The Balaban J connectivity index is 0.000000141. The quantitative estimate of drug-likeness (QED) is 0.117. The third kappa shape index (κ3) is 10.3. The van der Waals surface area contributed by atoms with Gasteiger partial charge >= 0.3 is 245 Å². The SMILES string of the molecule is CC1(C)c2ccccc2N(c2ccc3cc(N4c5ccccc5C(C)(C)c5cc6c7ccccc7n(-c7ccccc7)c6cc54)ccc3c2)c2ccccc21.Cc1cccc(N(c2cccc(C)c2)c2ccc3c4ccc(N5c6ccccc6C(C)(C)c6cc7c(cc65)[se]c5ccccc57)cc4c4ccccc4c3c2)c1. The maximum atomic E-state index is 2.54. The summed E-state index contributed by atoms with van der Waals surface area (Å²) in [7, 11) is 0. The van der Waals surface area contributed by atoms with Gasteiger partial charge < -0.3 is 19.3 Å². The molecule has 0 unspecified atom stereocenters. The first-order chi connectivity index (χ1) is 54.1. The van der Waals surface area contributed by atoms with E-state index in [9.17, 15) is 0 Å². The van der Waals surface area contributed by atoms with Crippen LogP contribution >= 0.6 is 0 Å². The Morgan fingerprint density at radius 2 is 0.649 bits per heavy atom. The van der Waals surface area contributed by atoms with Crippen molar-refractivity contribution in [3.63, 3.8) is 0 Å². The Morgan fingerprint density at radius 3 is 1.21 bits per heavy atom. The molecule has 111 heavy (non-hydrogen) atoms. The van der Waals surface area contributed by atoms with Crippen LogP contribution < -0.4 is 19.6 Å². The fourth-order valence-electron chi connectivity index (χ4n) is 19.1. The number of hydrogen-bond acceptors (Lipinski definition) is 4. The van der Waals surface area contributed by atoms with Gasteiger partial charge in [0.1, 0.15) is 0 Å². The second-order valence-electron chi connectivity index (χ2n) is 32.2. The summed E-state index contributed by atoms with van der Waals surface area (Å²) in [6.07, 6.45) is 0. The number of hydrogen-bond donors (Lipinski definition) is 0. The van der Waals surface area contributed by atoms with Crippen molar-refractivity contribution in [3.05, 3.63) is 390 Å². The molecule has 6 heteroatoms. The molecule has 3 aliphatic heterocycles.